The third kappa shape index (κ3) is 4.94. The summed E-state index contributed by atoms with van der Waals surface area (Å²) in [5.74, 6) is 0.757. The van der Waals surface area contributed by atoms with E-state index in [0.717, 1.165) is 38.3 Å². The lowest BCUT2D eigenvalue weighted by molar-refractivity contribution is 0.168. The summed E-state index contributed by atoms with van der Waals surface area (Å²) in [6, 6.07) is 0.0852. The molecule has 1 saturated heterocycles. The normalized spacial score (nSPS) is 18.2. The zero-order valence-corrected chi connectivity index (χ0v) is 11.5. The van der Waals surface area contributed by atoms with Crippen LogP contribution in [-0.4, -0.2) is 37.1 Å². The molecule has 0 aliphatic carbocycles. The number of carbonyl (C=O) groups excluding carboxylic acids is 1. The number of urea groups is 1. The maximum atomic E-state index is 11.9. The van der Waals surface area contributed by atoms with Gasteiger partial charge in [-0.05, 0) is 37.1 Å². The molecule has 4 nitrogen and oxygen atoms in total. The van der Waals surface area contributed by atoms with Gasteiger partial charge in [0.1, 0.15) is 0 Å². The lowest BCUT2D eigenvalue weighted by atomic mass is 9.89. The maximum absolute atomic E-state index is 11.9. The van der Waals surface area contributed by atoms with Crippen LogP contribution in [0.4, 0.5) is 4.79 Å². The largest absolute Gasteiger partial charge is 0.337 e. The third-order valence-electron chi connectivity index (χ3n) is 3.61. The van der Waals surface area contributed by atoms with Crippen molar-refractivity contribution >= 4 is 6.03 Å². The quantitative estimate of drug-likeness (QED) is 0.788. The zero-order valence-electron chi connectivity index (χ0n) is 11.5. The number of nitrogens with two attached hydrogens (primary N) is 1. The third-order valence-corrected chi connectivity index (χ3v) is 3.61. The second kappa shape index (κ2) is 6.24. The summed E-state index contributed by atoms with van der Waals surface area (Å²) in [7, 11) is 0. The van der Waals surface area contributed by atoms with Gasteiger partial charge >= 0.3 is 6.03 Å². The Morgan fingerprint density at radius 1 is 1.41 bits per heavy atom. The number of hydrogen-bond donors (Lipinski definition) is 2. The number of rotatable bonds is 4. The second-order valence-electron chi connectivity index (χ2n) is 6.03. The predicted octanol–water partition coefficient (Wildman–Crippen LogP) is 1.80. The van der Waals surface area contributed by atoms with E-state index in [1.165, 1.54) is 0 Å². The van der Waals surface area contributed by atoms with E-state index < -0.39 is 0 Å². The van der Waals surface area contributed by atoms with Crippen molar-refractivity contribution < 1.29 is 4.79 Å². The summed E-state index contributed by atoms with van der Waals surface area (Å²) in [6.07, 6.45) is 3.18. The van der Waals surface area contributed by atoms with Gasteiger partial charge in [0, 0.05) is 19.6 Å². The van der Waals surface area contributed by atoms with Gasteiger partial charge in [0.05, 0.1) is 0 Å². The molecule has 0 bridgehead atoms. The average Bonchev–Trinajstić information content (AvgIpc) is 2.27. The summed E-state index contributed by atoms with van der Waals surface area (Å²) in [5.41, 5.74) is 5.65. The van der Waals surface area contributed by atoms with Crippen LogP contribution in [0.15, 0.2) is 0 Å². The van der Waals surface area contributed by atoms with Crippen LogP contribution in [-0.2, 0) is 0 Å². The predicted molar refractivity (Wildman–Crippen MR) is 70.8 cm³/mol. The Morgan fingerprint density at radius 3 is 2.53 bits per heavy atom. The van der Waals surface area contributed by atoms with Crippen LogP contribution in [0, 0.1) is 11.3 Å². The Morgan fingerprint density at radius 2 is 2.00 bits per heavy atom. The second-order valence-corrected chi connectivity index (χ2v) is 6.03. The lowest BCUT2D eigenvalue weighted by Crippen LogP contribution is -2.46. The Labute approximate surface area is 105 Å². The molecule has 0 atom stereocenters. The van der Waals surface area contributed by atoms with Crippen LogP contribution >= 0.6 is 0 Å². The SMILES string of the molecule is CC1CCN(C(=O)NCC(C)(C)CCN)CC1. The summed E-state index contributed by atoms with van der Waals surface area (Å²) < 4.78 is 0. The van der Waals surface area contributed by atoms with Crippen LogP contribution in [0.2, 0.25) is 0 Å². The fourth-order valence-electron chi connectivity index (χ4n) is 2.12. The first kappa shape index (κ1) is 14.3. The van der Waals surface area contributed by atoms with Crippen LogP contribution in [0.5, 0.6) is 0 Å². The van der Waals surface area contributed by atoms with Crippen molar-refractivity contribution in [3.63, 3.8) is 0 Å². The number of nitrogens with one attached hydrogen (secondary N) is 1. The molecule has 100 valence electrons. The maximum Gasteiger partial charge on any atom is 0.317 e. The number of nitrogens with zero attached hydrogens (tertiary/aromatic N) is 1. The smallest absolute Gasteiger partial charge is 0.317 e. The molecule has 0 unspecified atom stereocenters. The van der Waals surface area contributed by atoms with Crippen molar-refractivity contribution in [3.8, 4) is 0 Å². The molecule has 1 aliphatic heterocycles. The molecule has 3 N–H and O–H groups in total. The minimum absolute atomic E-state index is 0.0852. The highest BCUT2D eigenvalue weighted by molar-refractivity contribution is 5.74. The lowest BCUT2D eigenvalue weighted by Gasteiger charge is -2.32. The molecule has 1 heterocycles. The van der Waals surface area contributed by atoms with Crippen molar-refractivity contribution in [1.29, 1.82) is 0 Å². The summed E-state index contributed by atoms with van der Waals surface area (Å²) >= 11 is 0. The van der Waals surface area contributed by atoms with E-state index in [1.807, 2.05) is 4.90 Å². The molecular formula is C13H27N3O. The van der Waals surface area contributed by atoms with Crippen molar-refractivity contribution in [2.75, 3.05) is 26.2 Å². The van der Waals surface area contributed by atoms with Gasteiger partial charge in [0.2, 0.25) is 0 Å². The van der Waals surface area contributed by atoms with E-state index in [2.05, 4.69) is 26.1 Å². The van der Waals surface area contributed by atoms with Gasteiger partial charge in [-0.1, -0.05) is 20.8 Å². The van der Waals surface area contributed by atoms with E-state index in [4.69, 9.17) is 5.73 Å². The number of likely N-dealkylation sites (tertiary alicyclic amines) is 1. The number of piperidine rings is 1. The Hall–Kier alpha value is -0.770. The fraction of sp³-hybridized carbons (Fsp3) is 0.923. The van der Waals surface area contributed by atoms with Gasteiger partial charge in [-0.2, -0.15) is 0 Å². The van der Waals surface area contributed by atoms with Gasteiger partial charge in [-0.3, -0.25) is 0 Å². The van der Waals surface area contributed by atoms with Crippen molar-refractivity contribution in [1.82, 2.24) is 10.2 Å². The molecule has 1 fully saturated rings. The first-order chi connectivity index (χ1) is 7.94. The molecule has 0 aromatic carbocycles. The Kier molecular flexibility index (Phi) is 5.25. The van der Waals surface area contributed by atoms with Gasteiger partial charge in [-0.15, -0.1) is 0 Å². The molecule has 0 aromatic rings. The van der Waals surface area contributed by atoms with E-state index in [-0.39, 0.29) is 11.4 Å². The molecule has 0 aromatic heterocycles. The highest BCUT2D eigenvalue weighted by Crippen LogP contribution is 2.19. The highest BCUT2D eigenvalue weighted by Gasteiger charge is 2.22. The standard InChI is InChI=1S/C13H27N3O/c1-11-4-8-16(9-5-11)12(17)15-10-13(2,3)6-7-14/h11H,4-10,14H2,1-3H3,(H,15,17). The minimum Gasteiger partial charge on any atom is -0.337 e. The fourth-order valence-corrected chi connectivity index (χ4v) is 2.12. The highest BCUT2D eigenvalue weighted by atomic mass is 16.2. The van der Waals surface area contributed by atoms with Gasteiger partial charge in [-0.25, -0.2) is 4.79 Å². The molecule has 1 rings (SSSR count). The molecule has 0 radical (unpaired) electrons. The van der Waals surface area contributed by atoms with E-state index in [0.29, 0.717) is 13.1 Å². The summed E-state index contributed by atoms with van der Waals surface area (Å²) in [4.78, 5) is 13.9. The molecule has 2 amide bonds. The van der Waals surface area contributed by atoms with E-state index in [9.17, 15) is 4.79 Å². The topological polar surface area (TPSA) is 58.4 Å². The van der Waals surface area contributed by atoms with E-state index in [1.54, 1.807) is 0 Å². The number of carbonyl (C=O) groups is 1. The number of amides is 2. The molecular weight excluding hydrogens is 214 g/mol. The molecule has 0 spiro atoms. The average molecular weight is 241 g/mol. The van der Waals surface area contributed by atoms with Gasteiger partial charge in [0.25, 0.3) is 0 Å². The Bertz CT molecular complexity index is 245. The van der Waals surface area contributed by atoms with E-state index >= 15 is 0 Å². The van der Waals surface area contributed by atoms with Crippen molar-refractivity contribution in [2.24, 2.45) is 17.1 Å². The first-order valence-corrected chi connectivity index (χ1v) is 6.67. The monoisotopic (exact) mass is 241 g/mol. The van der Waals surface area contributed by atoms with Crippen LogP contribution < -0.4 is 11.1 Å². The number of hydrogen-bond acceptors (Lipinski definition) is 2. The van der Waals surface area contributed by atoms with Crippen LogP contribution in [0.3, 0.4) is 0 Å². The Balaban J connectivity index is 2.29. The molecule has 4 heteroatoms. The molecule has 17 heavy (non-hydrogen) atoms. The van der Waals surface area contributed by atoms with Crippen molar-refractivity contribution in [2.45, 2.75) is 40.0 Å². The zero-order chi connectivity index (χ0) is 12.9. The van der Waals surface area contributed by atoms with Gasteiger partial charge in [0.15, 0.2) is 0 Å². The van der Waals surface area contributed by atoms with Crippen molar-refractivity contribution in [3.05, 3.63) is 0 Å². The molecule has 0 saturated carbocycles. The van der Waals surface area contributed by atoms with Gasteiger partial charge < -0.3 is 16.0 Å². The van der Waals surface area contributed by atoms with Crippen LogP contribution in [0.25, 0.3) is 0 Å². The van der Waals surface area contributed by atoms with Crippen LogP contribution in [0.1, 0.15) is 40.0 Å². The summed E-state index contributed by atoms with van der Waals surface area (Å²) in [5, 5.41) is 3.02. The minimum atomic E-state index is 0.0852. The molecule has 1 aliphatic rings. The first-order valence-electron chi connectivity index (χ1n) is 6.67. The summed E-state index contributed by atoms with van der Waals surface area (Å²) in [6.45, 7) is 9.68.